The highest BCUT2D eigenvalue weighted by Crippen LogP contribution is 2.26. The van der Waals surface area contributed by atoms with Crippen molar-refractivity contribution in [1.82, 2.24) is 4.98 Å². The summed E-state index contributed by atoms with van der Waals surface area (Å²) in [4.78, 5) is 16.7. The van der Waals surface area contributed by atoms with Gasteiger partial charge in [-0.25, -0.2) is 9.78 Å². The molecule has 7 heteroatoms. The Balaban J connectivity index is 1.37. The molecule has 1 aliphatic rings. The number of benzene rings is 2. The molecule has 1 unspecified atom stereocenters. The summed E-state index contributed by atoms with van der Waals surface area (Å²) in [5.41, 5.74) is 5.01. The van der Waals surface area contributed by atoms with Crippen molar-refractivity contribution in [1.29, 1.82) is 0 Å². The number of hydrogen-bond donors (Lipinski definition) is 3. The van der Waals surface area contributed by atoms with Gasteiger partial charge in [-0.3, -0.25) is 5.32 Å². The number of anilines is 2. The van der Waals surface area contributed by atoms with Crippen LogP contribution in [0.5, 0.6) is 0 Å². The molecule has 0 spiro atoms. The summed E-state index contributed by atoms with van der Waals surface area (Å²) in [6.07, 6.45) is 1.70. The van der Waals surface area contributed by atoms with Crippen molar-refractivity contribution in [3.05, 3.63) is 74.7 Å². The molecule has 2 amide bonds. The van der Waals surface area contributed by atoms with E-state index in [1.807, 2.05) is 47.8 Å². The molecule has 1 atom stereocenters. The minimum Gasteiger partial charge on any atom is -0.392 e. The van der Waals surface area contributed by atoms with Gasteiger partial charge in [-0.15, -0.1) is 11.3 Å². The highest BCUT2D eigenvalue weighted by atomic mass is 79.9. The predicted octanol–water partition coefficient (Wildman–Crippen LogP) is 4.60. The number of aromatic nitrogens is 1. The summed E-state index contributed by atoms with van der Waals surface area (Å²) in [6.45, 7) is 0. The van der Waals surface area contributed by atoms with Gasteiger partial charge in [-0.1, -0.05) is 40.2 Å². The van der Waals surface area contributed by atoms with E-state index in [4.69, 9.17) is 0 Å². The van der Waals surface area contributed by atoms with Crippen molar-refractivity contribution in [3.63, 3.8) is 0 Å². The van der Waals surface area contributed by atoms with Gasteiger partial charge in [-0.2, -0.15) is 0 Å². The second kappa shape index (κ2) is 7.80. The first kappa shape index (κ1) is 18.2. The molecule has 1 aliphatic carbocycles. The Bertz CT molecular complexity index is 989. The van der Waals surface area contributed by atoms with Crippen molar-refractivity contribution in [2.24, 2.45) is 0 Å². The van der Waals surface area contributed by atoms with Crippen molar-refractivity contribution in [2.45, 2.75) is 25.4 Å². The van der Waals surface area contributed by atoms with Gasteiger partial charge in [0, 0.05) is 22.0 Å². The van der Waals surface area contributed by atoms with Crippen LogP contribution < -0.4 is 10.6 Å². The fourth-order valence-corrected chi connectivity index (χ4v) is 4.34. The van der Waals surface area contributed by atoms with Crippen LogP contribution in [0.3, 0.4) is 0 Å². The number of thiazole rings is 1. The Morgan fingerprint density at radius 3 is 2.85 bits per heavy atom. The number of carbonyl (C=O) groups excluding carboxylic acids is 1. The number of carbonyl (C=O) groups is 1. The lowest BCUT2D eigenvalue weighted by Crippen LogP contribution is -2.19. The minimum absolute atomic E-state index is 0.317. The van der Waals surface area contributed by atoms with Crippen LogP contribution in [0.1, 0.15) is 22.4 Å². The molecule has 0 bridgehead atoms. The molecule has 0 saturated carbocycles. The summed E-state index contributed by atoms with van der Waals surface area (Å²) in [5, 5.41) is 17.9. The average molecular weight is 444 g/mol. The van der Waals surface area contributed by atoms with Gasteiger partial charge in [-0.05, 0) is 47.7 Å². The first-order chi connectivity index (χ1) is 13.1. The van der Waals surface area contributed by atoms with E-state index in [1.165, 1.54) is 11.3 Å². The fraction of sp³-hybridized carbons (Fsp3) is 0.200. The molecule has 0 fully saturated rings. The third-order valence-electron chi connectivity index (χ3n) is 4.48. The number of aliphatic hydroxyl groups is 1. The molecule has 0 radical (unpaired) electrons. The maximum atomic E-state index is 12.3. The van der Waals surface area contributed by atoms with Crippen LogP contribution in [0.15, 0.2) is 52.3 Å². The van der Waals surface area contributed by atoms with Crippen molar-refractivity contribution >= 4 is 44.1 Å². The van der Waals surface area contributed by atoms with Crippen molar-refractivity contribution in [2.75, 3.05) is 10.6 Å². The molecule has 4 rings (SSSR count). The monoisotopic (exact) mass is 443 g/mol. The number of fused-ring (bicyclic) bond motifs is 1. The normalized spacial score (nSPS) is 15.4. The van der Waals surface area contributed by atoms with E-state index in [0.717, 1.165) is 26.9 Å². The van der Waals surface area contributed by atoms with Gasteiger partial charge >= 0.3 is 6.03 Å². The van der Waals surface area contributed by atoms with Crippen LogP contribution in [0.4, 0.5) is 15.6 Å². The van der Waals surface area contributed by atoms with Gasteiger partial charge in [0.25, 0.3) is 0 Å². The largest absolute Gasteiger partial charge is 0.392 e. The van der Waals surface area contributed by atoms with E-state index in [2.05, 4.69) is 31.5 Å². The molecule has 2 aromatic carbocycles. The zero-order chi connectivity index (χ0) is 18.8. The van der Waals surface area contributed by atoms with Crippen molar-refractivity contribution < 1.29 is 9.90 Å². The SMILES string of the molecule is O=C(Nc1ccc2c(c1)CC(O)C2)Nc1nc(Cc2ccccc2Br)cs1. The lowest BCUT2D eigenvalue weighted by atomic mass is 10.1. The maximum absolute atomic E-state index is 12.3. The first-order valence-corrected chi connectivity index (χ1v) is 10.3. The number of hydrogen-bond acceptors (Lipinski definition) is 4. The molecule has 3 N–H and O–H groups in total. The molecule has 138 valence electrons. The Morgan fingerprint density at radius 2 is 2.00 bits per heavy atom. The predicted molar refractivity (Wildman–Crippen MR) is 112 cm³/mol. The summed E-state index contributed by atoms with van der Waals surface area (Å²) < 4.78 is 1.05. The number of aliphatic hydroxyl groups excluding tert-OH is 1. The van der Waals surface area contributed by atoms with E-state index in [0.29, 0.717) is 30.1 Å². The Morgan fingerprint density at radius 1 is 1.19 bits per heavy atom. The van der Waals surface area contributed by atoms with E-state index in [-0.39, 0.29) is 12.1 Å². The zero-order valence-electron chi connectivity index (χ0n) is 14.4. The molecular weight excluding hydrogens is 426 g/mol. The summed E-state index contributed by atoms with van der Waals surface area (Å²) >= 11 is 4.95. The molecule has 0 saturated heterocycles. The molecule has 1 heterocycles. The third kappa shape index (κ3) is 4.37. The van der Waals surface area contributed by atoms with E-state index in [1.54, 1.807) is 0 Å². The average Bonchev–Trinajstić information content (AvgIpc) is 3.21. The van der Waals surface area contributed by atoms with Gasteiger partial charge in [0.2, 0.25) is 0 Å². The van der Waals surface area contributed by atoms with Crippen LogP contribution >= 0.6 is 27.3 Å². The fourth-order valence-electron chi connectivity index (χ4n) is 3.21. The van der Waals surface area contributed by atoms with Gasteiger partial charge < -0.3 is 10.4 Å². The van der Waals surface area contributed by atoms with Gasteiger partial charge in [0.15, 0.2) is 5.13 Å². The lowest BCUT2D eigenvalue weighted by molar-refractivity contribution is 0.187. The van der Waals surface area contributed by atoms with E-state index in [9.17, 15) is 9.90 Å². The Kier molecular flexibility index (Phi) is 5.24. The lowest BCUT2D eigenvalue weighted by Gasteiger charge is -2.07. The standard InChI is InChI=1S/C20H18BrN3O2S/c21-18-4-2-1-3-13(18)7-16-11-27-20(23-16)24-19(26)22-15-6-5-12-9-17(25)10-14(12)8-15/h1-6,8,11,17,25H,7,9-10H2,(H2,22,23,24,26). The molecular formula is C20H18BrN3O2S. The molecule has 3 aromatic rings. The maximum Gasteiger partial charge on any atom is 0.325 e. The van der Waals surface area contributed by atoms with Crippen LogP contribution in [-0.2, 0) is 19.3 Å². The molecule has 1 aromatic heterocycles. The van der Waals surface area contributed by atoms with Gasteiger partial charge in [0.1, 0.15) is 0 Å². The van der Waals surface area contributed by atoms with Crippen molar-refractivity contribution in [3.8, 4) is 0 Å². The van der Waals surface area contributed by atoms with Crippen LogP contribution in [0, 0.1) is 0 Å². The number of amides is 2. The zero-order valence-corrected chi connectivity index (χ0v) is 16.8. The summed E-state index contributed by atoms with van der Waals surface area (Å²) in [5.74, 6) is 0. The number of halogens is 1. The van der Waals surface area contributed by atoms with Crippen LogP contribution in [-0.4, -0.2) is 22.2 Å². The number of urea groups is 1. The van der Waals surface area contributed by atoms with E-state index >= 15 is 0 Å². The Labute approximate surface area is 169 Å². The quantitative estimate of drug-likeness (QED) is 0.551. The minimum atomic E-state index is -0.324. The smallest absolute Gasteiger partial charge is 0.325 e. The second-order valence-corrected chi connectivity index (χ2v) is 8.25. The number of nitrogens with one attached hydrogen (secondary N) is 2. The Hall–Kier alpha value is -2.22. The highest BCUT2D eigenvalue weighted by Gasteiger charge is 2.19. The molecule has 5 nitrogen and oxygen atoms in total. The summed E-state index contributed by atoms with van der Waals surface area (Å²) in [7, 11) is 0. The van der Waals surface area contributed by atoms with E-state index < -0.39 is 0 Å². The number of rotatable bonds is 4. The topological polar surface area (TPSA) is 74.2 Å². The van der Waals surface area contributed by atoms with Gasteiger partial charge in [0.05, 0.1) is 11.8 Å². The van der Waals surface area contributed by atoms with Crippen LogP contribution in [0.25, 0.3) is 0 Å². The second-order valence-electron chi connectivity index (χ2n) is 6.54. The molecule has 27 heavy (non-hydrogen) atoms. The highest BCUT2D eigenvalue weighted by molar-refractivity contribution is 9.10. The molecule has 0 aliphatic heterocycles. The third-order valence-corrected chi connectivity index (χ3v) is 6.06. The first-order valence-electron chi connectivity index (χ1n) is 8.62. The summed E-state index contributed by atoms with van der Waals surface area (Å²) in [6, 6.07) is 13.4. The number of nitrogens with zero attached hydrogens (tertiary/aromatic N) is 1. The van der Waals surface area contributed by atoms with Crippen LogP contribution in [0.2, 0.25) is 0 Å².